The molecule has 2 rings (SSSR count). The van der Waals surface area contributed by atoms with E-state index in [1.165, 1.54) is 0 Å². The van der Waals surface area contributed by atoms with Crippen LogP contribution in [0.2, 0.25) is 0 Å². The van der Waals surface area contributed by atoms with Crippen LogP contribution in [0.1, 0.15) is 24.0 Å². The van der Waals surface area contributed by atoms with E-state index in [2.05, 4.69) is 15.9 Å². The van der Waals surface area contributed by atoms with Crippen LogP contribution in [0.3, 0.4) is 0 Å². The maximum atomic E-state index is 14.3. The van der Waals surface area contributed by atoms with Crippen LogP contribution >= 0.6 is 15.9 Å². The summed E-state index contributed by atoms with van der Waals surface area (Å²) in [6.45, 7) is 0.0798. The summed E-state index contributed by atoms with van der Waals surface area (Å²) in [6, 6.07) is 5.81. The lowest BCUT2D eigenvalue weighted by Crippen LogP contribution is -2.34. The lowest BCUT2D eigenvalue weighted by molar-refractivity contribution is 0.147. The SMILES string of the molecule is NCC1(F)CCCc2ccc(Br)cc21. The Morgan fingerprint density at radius 2 is 2.29 bits per heavy atom. The molecule has 0 saturated heterocycles. The minimum atomic E-state index is -1.31. The van der Waals surface area contributed by atoms with E-state index in [9.17, 15) is 4.39 Å². The fourth-order valence-electron chi connectivity index (χ4n) is 2.09. The molecule has 3 heteroatoms. The van der Waals surface area contributed by atoms with E-state index in [1.807, 2.05) is 18.2 Å². The van der Waals surface area contributed by atoms with Crippen molar-refractivity contribution in [2.75, 3.05) is 6.54 Å². The molecule has 1 aliphatic rings. The molecule has 0 radical (unpaired) electrons. The zero-order valence-corrected chi connectivity index (χ0v) is 9.48. The van der Waals surface area contributed by atoms with Gasteiger partial charge < -0.3 is 5.73 Å². The highest BCUT2D eigenvalue weighted by Crippen LogP contribution is 2.39. The zero-order valence-electron chi connectivity index (χ0n) is 7.89. The monoisotopic (exact) mass is 257 g/mol. The molecular formula is C11H13BrFN. The first-order valence-electron chi connectivity index (χ1n) is 4.83. The summed E-state index contributed by atoms with van der Waals surface area (Å²) in [7, 11) is 0. The molecule has 1 aromatic rings. The van der Waals surface area contributed by atoms with Gasteiger partial charge in [-0.25, -0.2) is 4.39 Å². The highest BCUT2D eigenvalue weighted by Gasteiger charge is 2.35. The molecule has 0 spiro atoms. The van der Waals surface area contributed by atoms with Crippen molar-refractivity contribution in [2.24, 2.45) is 5.73 Å². The number of halogens is 2. The first kappa shape index (κ1) is 10.1. The standard InChI is InChI=1S/C11H13BrFN/c12-9-4-3-8-2-1-5-11(13,7-14)10(8)6-9/h3-4,6H,1-2,5,7,14H2. The van der Waals surface area contributed by atoms with Gasteiger partial charge in [-0.05, 0) is 42.5 Å². The fourth-order valence-corrected chi connectivity index (χ4v) is 2.45. The lowest BCUT2D eigenvalue weighted by Gasteiger charge is -2.31. The first-order valence-corrected chi connectivity index (χ1v) is 5.63. The van der Waals surface area contributed by atoms with E-state index >= 15 is 0 Å². The molecule has 0 fully saturated rings. The van der Waals surface area contributed by atoms with Crippen molar-refractivity contribution in [1.82, 2.24) is 0 Å². The van der Waals surface area contributed by atoms with Gasteiger partial charge in [-0.2, -0.15) is 0 Å². The lowest BCUT2D eigenvalue weighted by atomic mass is 9.80. The van der Waals surface area contributed by atoms with Crippen LogP contribution in [0.4, 0.5) is 4.39 Å². The third-order valence-electron chi connectivity index (χ3n) is 2.90. The summed E-state index contributed by atoms with van der Waals surface area (Å²) in [5.41, 5.74) is 6.09. The van der Waals surface area contributed by atoms with E-state index in [-0.39, 0.29) is 6.54 Å². The van der Waals surface area contributed by atoms with Gasteiger partial charge >= 0.3 is 0 Å². The molecule has 1 aliphatic carbocycles. The molecule has 1 nitrogen and oxygen atoms in total. The normalized spacial score (nSPS) is 25.9. The third kappa shape index (κ3) is 1.59. The van der Waals surface area contributed by atoms with Crippen molar-refractivity contribution in [3.05, 3.63) is 33.8 Å². The molecule has 0 aliphatic heterocycles. The van der Waals surface area contributed by atoms with E-state index in [1.54, 1.807) is 0 Å². The van der Waals surface area contributed by atoms with Crippen LogP contribution in [-0.4, -0.2) is 6.54 Å². The maximum absolute atomic E-state index is 14.3. The van der Waals surface area contributed by atoms with Crippen molar-refractivity contribution >= 4 is 15.9 Å². The van der Waals surface area contributed by atoms with Gasteiger partial charge in [-0.1, -0.05) is 22.0 Å². The molecule has 0 amide bonds. The van der Waals surface area contributed by atoms with Gasteiger partial charge in [0.15, 0.2) is 0 Å². The minimum Gasteiger partial charge on any atom is -0.327 e. The number of nitrogens with two attached hydrogens (primary N) is 1. The molecule has 76 valence electrons. The van der Waals surface area contributed by atoms with Gasteiger partial charge in [-0.15, -0.1) is 0 Å². The molecule has 0 heterocycles. The van der Waals surface area contributed by atoms with Gasteiger partial charge in [0.25, 0.3) is 0 Å². The van der Waals surface area contributed by atoms with Crippen LogP contribution in [0.15, 0.2) is 22.7 Å². The van der Waals surface area contributed by atoms with Gasteiger partial charge in [0.2, 0.25) is 0 Å². The van der Waals surface area contributed by atoms with Crippen LogP contribution in [-0.2, 0) is 12.1 Å². The van der Waals surface area contributed by atoms with Crippen molar-refractivity contribution in [3.63, 3.8) is 0 Å². The summed E-state index contributed by atoms with van der Waals surface area (Å²) in [4.78, 5) is 0. The molecule has 14 heavy (non-hydrogen) atoms. The molecule has 0 aromatic heterocycles. The van der Waals surface area contributed by atoms with Gasteiger partial charge in [0, 0.05) is 11.0 Å². The quantitative estimate of drug-likeness (QED) is 0.823. The Kier molecular flexibility index (Phi) is 2.62. The van der Waals surface area contributed by atoms with Crippen LogP contribution in [0, 0.1) is 0 Å². The smallest absolute Gasteiger partial charge is 0.148 e. The summed E-state index contributed by atoms with van der Waals surface area (Å²) in [6.07, 6.45) is 2.41. The van der Waals surface area contributed by atoms with Gasteiger partial charge in [0.1, 0.15) is 5.67 Å². The average Bonchev–Trinajstić information content (AvgIpc) is 2.20. The highest BCUT2D eigenvalue weighted by atomic mass is 79.9. The van der Waals surface area contributed by atoms with E-state index in [4.69, 9.17) is 5.73 Å². The molecule has 2 N–H and O–H groups in total. The fraction of sp³-hybridized carbons (Fsp3) is 0.455. The van der Waals surface area contributed by atoms with Crippen LogP contribution < -0.4 is 5.73 Å². The van der Waals surface area contributed by atoms with Crippen molar-refractivity contribution in [1.29, 1.82) is 0 Å². The number of fused-ring (bicyclic) bond motifs is 1. The summed E-state index contributed by atoms with van der Waals surface area (Å²) < 4.78 is 15.3. The molecule has 1 unspecified atom stereocenters. The second-order valence-electron chi connectivity index (χ2n) is 3.82. The third-order valence-corrected chi connectivity index (χ3v) is 3.39. The Morgan fingerprint density at radius 1 is 1.50 bits per heavy atom. The summed E-state index contributed by atoms with van der Waals surface area (Å²) >= 11 is 3.36. The molecule has 0 saturated carbocycles. The number of rotatable bonds is 1. The van der Waals surface area contributed by atoms with Crippen LogP contribution in [0.5, 0.6) is 0 Å². The van der Waals surface area contributed by atoms with E-state index in [0.29, 0.717) is 6.42 Å². The van der Waals surface area contributed by atoms with Crippen LogP contribution in [0.25, 0.3) is 0 Å². The predicted molar refractivity (Wildman–Crippen MR) is 58.9 cm³/mol. The number of hydrogen-bond donors (Lipinski definition) is 1. The second-order valence-corrected chi connectivity index (χ2v) is 4.74. The summed E-state index contributed by atoms with van der Waals surface area (Å²) in [5, 5.41) is 0. The highest BCUT2D eigenvalue weighted by molar-refractivity contribution is 9.10. The largest absolute Gasteiger partial charge is 0.327 e. The molecular weight excluding hydrogens is 245 g/mol. The van der Waals surface area contributed by atoms with Crippen molar-refractivity contribution < 1.29 is 4.39 Å². The molecule has 0 bridgehead atoms. The maximum Gasteiger partial charge on any atom is 0.148 e. The van der Waals surface area contributed by atoms with E-state index in [0.717, 1.165) is 28.4 Å². The zero-order chi connectivity index (χ0) is 10.2. The number of benzene rings is 1. The molecule has 1 atom stereocenters. The topological polar surface area (TPSA) is 26.0 Å². The first-order chi connectivity index (χ1) is 6.65. The Bertz CT molecular complexity index is 353. The summed E-state index contributed by atoms with van der Waals surface area (Å²) in [5.74, 6) is 0. The Morgan fingerprint density at radius 3 is 3.00 bits per heavy atom. The Labute approximate surface area is 91.6 Å². The van der Waals surface area contributed by atoms with E-state index < -0.39 is 5.67 Å². The number of alkyl halides is 1. The average molecular weight is 258 g/mol. The Balaban J connectivity index is 2.52. The van der Waals surface area contributed by atoms with Gasteiger partial charge in [-0.3, -0.25) is 0 Å². The Hall–Kier alpha value is -0.410. The number of aryl methyl sites for hydroxylation is 1. The predicted octanol–water partition coefficient (Wildman–Crippen LogP) is 2.91. The number of hydrogen-bond acceptors (Lipinski definition) is 1. The minimum absolute atomic E-state index is 0.0798. The second kappa shape index (κ2) is 3.63. The van der Waals surface area contributed by atoms with Gasteiger partial charge in [0.05, 0.1) is 0 Å². The van der Waals surface area contributed by atoms with Crippen molar-refractivity contribution in [2.45, 2.75) is 24.9 Å². The van der Waals surface area contributed by atoms with Crippen molar-refractivity contribution in [3.8, 4) is 0 Å². The molecule has 1 aromatic carbocycles.